The Balaban J connectivity index is 3.18. The maximum atomic E-state index is 11.8. The summed E-state index contributed by atoms with van der Waals surface area (Å²) in [6.45, 7) is 4.00. The van der Waals surface area contributed by atoms with Crippen LogP contribution in [0, 0.1) is 0 Å². The van der Waals surface area contributed by atoms with Crippen LogP contribution in [0.5, 0.6) is 11.5 Å². The van der Waals surface area contributed by atoms with Crippen LogP contribution in [0.4, 0.5) is 0 Å². The smallest absolute Gasteiger partial charge is 0.183 e. The van der Waals surface area contributed by atoms with Gasteiger partial charge in [-0.05, 0) is 26.0 Å². The molecule has 0 spiro atoms. The number of benzene rings is 1. The number of carbonyl (C=O) groups excluding carboxylic acids is 1. The number of phenolic OH excluding ortho intramolecular Hbond substituents is 1. The molecule has 3 nitrogen and oxygen atoms in total. The van der Waals surface area contributed by atoms with Crippen LogP contribution >= 0.6 is 15.9 Å². The molecule has 0 radical (unpaired) electrons. The number of hydrogen-bond donors (Lipinski definition) is 1. The van der Waals surface area contributed by atoms with Gasteiger partial charge in [0.25, 0.3) is 0 Å². The normalized spacial score (nSPS) is 12.2. The maximum Gasteiger partial charge on any atom is 0.183 e. The van der Waals surface area contributed by atoms with Crippen LogP contribution in [-0.2, 0) is 0 Å². The standard InChI is InChI=1S/C11H13BrO3/c1-3-15-9-6-4-5-8(13)10(9)11(14)7(2)12/h4-7,13H,3H2,1-2H3. The van der Waals surface area contributed by atoms with Crippen molar-refractivity contribution < 1.29 is 14.6 Å². The second kappa shape index (κ2) is 5.16. The Kier molecular flexibility index (Phi) is 4.15. The second-order valence-corrected chi connectivity index (χ2v) is 4.44. The lowest BCUT2D eigenvalue weighted by molar-refractivity contribution is 0.0989. The molecule has 0 fully saturated rings. The molecule has 0 heterocycles. The van der Waals surface area contributed by atoms with E-state index in [0.29, 0.717) is 12.4 Å². The van der Waals surface area contributed by atoms with Crippen LogP contribution in [0.25, 0.3) is 0 Å². The zero-order chi connectivity index (χ0) is 11.4. The van der Waals surface area contributed by atoms with Crippen molar-refractivity contribution >= 4 is 21.7 Å². The van der Waals surface area contributed by atoms with E-state index < -0.39 is 0 Å². The number of carbonyl (C=O) groups is 1. The molecule has 1 N–H and O–H groups in total. The molecule has 82 valence electrons. The Labute approximate surface area is 97.2 Å². The maximum absolute atomic E-state index is 11.8. The lowest BCUT2D eigenvalue weighted by atomic mass is 10.1. The van der Waals surface area contributed by atoms with E-state index in [1.807, 2.05) is 6.92 Å². The van der Waals surface area contributed by atoms with E-state index in [1.54, 1.807) is 19.1 Å². The Hall–Kier alpha value is -1.03. The summed E-state index contributed by atoms with van der Waals surface area (Å²) in [5, 5.41) is 9.62. The number of ketones is 1. The number of alkyl halides is 1. The van der Waals surface area contributed by atoms with E-state index in [4.69, 9.17) is 4.74 Å². The average Bonchev–Trinajstić information content (AvgIpc) is 2.17. The number of halogens is 1. The molecule has 1 aromatic carbocycles. The quantitative estimate of drug-likeness (QED) is 0.677. The largest absolute Gasteiger partial charge is 0.507 e. The summed E-state index contributed by atoms with van der Waals surface area (Å²) in [7, 11) is 0. The molecule has 1 aromatic rings. The number of phenols is 1. The third-order valence-electron chi connectivity index (χ3n) is 1.91. The topological polar surface area (TPSA) is 46.5 Å². The summed E-state index contributed by atoms with van der Waals surface area (Å²) < 4.78 is 5.29. The van der Waals surface area contributed by atoms with Crippen LogP contribution < -0.4 is 4.74 Å². The fourth-order valence-corrected chi connectivity index (χ4v) is 1.47. The number of hydrogen-bond acceptors (Lipinski definition) is 3. The minimum absolute atomic E-state index is 0.0442. The van der Waals surface area contributed by atoms with E-state index in [-0.39, 0.29) is 21.9 Å². The van der Waals surface area contributed by atoms with Crippen LogP contribution in [0.3, 0.4) is 0 Å². The lowest BCUT2D eigenvalue weighted by Gasteiger charge is -2.11. The Morgan fingerprint density at radius 1 is 1.60 bits per heavy atom. The highest BCUT2D eigenvalue weighted by Gasteiger charge is 2.20. The molecule has 0 saturated heterocycles. The molecule has 0 aromatic heterocycles. The van der Waals surface area contributed by atoms with Gasteiger partial charge in [0.2, 0.25) is 0 Å². The molecule has 1 rings (SSSR count). The zero-order valence-electron chi connectivity index (χ0n) is 8.66. The molecular formula is C11H13BrO3. The third kappa shape index (κ3) is 2.72. The van der Waals surface area contributed by atoms with Gasteiger partial charge < -0.3 is 9.84 Å². The van der Waals surface area contributed by atoms with E-state index in [2.05, 4.69) is 15.9 Å². The zero-order valence-corrected chi connectivity index (χ0v) is 10.2. The molecule has 0 aliphatic carbocycles. The molecule has 4 heteroatoms. The fraction of sp³-hybridized carbons (Fsp3) is 0.364. The first-order valence-electron chi connectivity index (χ1n) is 4.71. The predicted molar refractivity (Wildman–Crippen MR) is 62.0 cm³/mol. The molecule has 0 bridgehead atoms. The third-order valence-corrected chi connectivity index (χ3v) is 2.33. The van der Waals surface area contributed by atoms with Crippen molar-refractivity contribution in [2.24, 2.45) is 0 Å². The van der Waals surface area contributed by atoms with Crippen molar-refractivity contribution in [1.82, 2.24) is 0 Å². The van der Waals surface area contributed by atoms with Gasteiger partial charge in [-0.2, -0.15) is 0 Å². The highest BCUT2D eigenvalue weighted by Crippen LogP contribution is 2.29. The van der Waals surface area contributed by atoms with Gasteiger partial charge in [-0.1, -0.05) is 22.0 Å². The molecule has 1 atom stereocenters. The van der Waals surface area contributed by atoms with Gasteiger partial charge in [0.1, 0.15) is 17.1 Å². The summed E-state index contributed by atoms with van der Waals surface area (Å²) >= 11 is 3.18. The minimum Gasteiger partial charge on any atom is -0.507 e. The molecular weight excluding hydrogens is 260 g/mol. The van der Waals surface area contributed by atoms with Crippen LogP contribution in [0.15, 0.2) is 18.2 Å². The van der Waals surface area contributed by atoms with Crippen molar-refractivity contribution in [2.45, 2.75) is 18.7 Å². The van der Waals surface area contributed by atoms with Crippen molar-refractivity contribution in [3.8, 4) is 11.5 Å². The number of aromatic hydroxyl groups is 1. The van der Waals surface area contributed by atoms with Gasteiger partial charge in [0, 0.05) is 0 Å². The van der Waals surface area contributed by atoms with E-state index in [9.17, 15) is 9.90 Å². The summed E-state index contributed by atoms with van der Waals surface area (Å²) in [5.74, 6) is 0.197. The minimum atomic E-state index is -0.343. The molecule has 0 aliphatic rings. The van der Waals surface area contributed by atoms with Gasteiger partial charge in [-0.25, -0.2) is 0 Å². The van der Waals surface area contributed by atoms with E-state index in [0.717, 1.165) is 0 Å². The highest BCUT2D eigenvalue weighted by atomic mass is 79.9. The van der Waals surface area contributed by atoms with Crippen LogP contribution in [-0.4, -0.2) is 22.3 Å². The van der Waals surface area contributed by atoms with Crippen molar-refractivity contribution in [3.63, 3.8) is 0 Å². The number of ether oxygens (including phenoxy) is 1. The monoisotopic (exact) mass is 272 g/mol. The van der Waals surface area contributed by atoms with Gasteiger partial charge in [0.15, 0.2) is 5.78 Å². The lowest BCUT2D eigenvalue weighted by Crippen LogP contribution is -2.12. The molecule has 0 saturated carbocycles. The number of rotatable bonds is 4. The Morgan fingerprint density at radius 2 is 2.27 bits per heavy atom. The van der Waals surface area contributed by atoms with Gasteiger partial charge in [0.05, 0.1) is 11.4 Å². The summed E-state index contributed by atoms with van der Waals surface area (Å²) in [5.41, 5.74) is 0.240. The molecule has 15 heavy (non-hydrogen) atoms. The predicted octanol–water partition coefficient (Wildman–Crippen LogP) is 2.76. The van der Waals surface area contributed by atoms with Gasteiger partial charge in [-0.15, -0.1) is 0 Å². The second-order valence-electron chi connectivity index (χ2n) is 3.06. The van der Waals surface area contributed by atoms with Crippen molar-refractivity contribution in [3.05, 3.63) is 23.8 Å². The summed E-state index contributed by atoms with van der Waals surface area (Å²) in [6, 6.07) is 4.80. The molecule has 1 unspecified atom stereocenters. The van der Waals surface area contributed by atoms with E-state index >= 15 is 0 Å². The SMILES string of the molecule is CCOc1cccc(O)c1C(=O)C(C)Br. The van der Waals surface area contributed by atoms with Crippen molar-refractivity contribution in [1.29, 1.82) is 0 Å². The fourth-order valence-electron chi connectivity index (χ4n) is 1.24. The highest BCUT2D eigenvalue weighted by molar-refractivity contribution is 9.10. The van der Waals surface area contributed by atoms with Gasteiger partial charge in [-0.3, -0.25) is 4.79 Å². The first kappa shape index (κ1) is 12.0. The Morgan fingerprint density at radius 3 is 2.80 bits per heavy atom. The molecule has 0 aliphatic heterocycles. The number of Topliss-reactive ketones (excluding diaryl/α,β-unsaturated/α-hetero) is 1. The summed E-state index contributed by atoms with van der Waals surface area (Å²) in [4.78, 5) is 11.4. The first-order chi connectivity index (χ1) is 7.07. The summed E-state index contributed by atoms with van der Waals surface area (Å²) in [6.07, 6.45) is 0. The van der Waals surface area contributed by atoms with Crippen LogP contribution in [0.1, 0.15) is 24.2 Å². The van der Waals surface area contributed by atoms with E-state index in [1.165, 1.54) is 6.07 Å². The van der Waals surface area contributed by atoms with Crippen molar-refractivity contribution in [2.75, 3.05) is 6.61 Å². The first-order valence-corrected chi connectivity index (χ1v) is 5.62. The average molecular weight is 273 g/mol. The van der Waals surface area contributed by atoms with Gasteiger partial charge >= 0.3 is 0 Å². The Bertz CT molecular complexity index is 361. The molecule has 0 amide bonds. The van der Waals surface area contributed by atoms with Crippen LogP contribution in [0.2, 0.25) is 0 Å².